The lowest BCUT2D eigenvalue weighted by Crippen LogP contribution is -2.21. The van der Waals surface area contributed by atoms with E-state index in [1.807, 2.05) is 36.9 Å². The Morgan fingerprint density at radius 3 is 2.70 bits per heavy atom. The van der Waals surface area contributed by atoms with Crippen LogP contribution >= 0.6 is 0 Å². The molecule has 0 aliphatic heterocycles. The first kappa shape index (κ1) is 14.2. The van der Waals surface area contributed by atoms with Gasteiger partial charge in [0.1, 0.15) is 5.75 Å². The van der Waals surface area contributed by atoms with E-state index >= 15 is 0 Å². The molecule has 0 atom stereocenters. The number of anilines is 2. The molecule has 0 radical (unpaired) electrons. The summed E-state index contributed by atoms with van der Waals surface area (Å²) >= 11 is 0. The zero-order valence-corrected chi connectivity index (χ0v) is 12.6. The summed E-state index contributed by atoms with van der Waals surface area (Å²) in [4.78, 5) is 2.11. The number of methoxy groups -OCH3 is 1. The van der Waals surface area contributed by atoms with Gasteiger partial charge in [0.15, 0.2) is 5.82 Å². The zero-order valence-electron chi connectivity index (χ0n) is 12.6. The molecule has 0 amide bonds. The Labute approximate surface area is 119 Å². The molecule has 0 fully saturated rings. The van der Waals surface area contributed by atoms with Crippen LogP contribution in [0.5, 0.6) is 5.75 Å². The summed E-state index contributed by atoms with van der Waals surface area (Å²) in [6.45, 7) is 5.51. The molecular weight excluding hydrogens is 252 g/mol. The van der Waals surface area contributed by atoms with E-state index < -0.39 is 0 Å². The van der Waals surface area contributed by atoms with Crippen LogP contribution in [-0.2, 0) is 13.1 Å². The summed E-state index contributed by atoms with van der Waals surface area (Å²) in [7, 11) is 3.71. The van der Waals surface area contributed by atoms with Crippen molar-refractivity contribution in [3.05, 3.63) is 35.5 Å². The number of ether oxygens (including phenoxy) is 1. The molecule has 2 rings (SSSR count). The number of rotatable bonds is 5. The molecule has 5 nitrogen and oxygen atoms in total. The number of hydrogen-bond donors (Lipinski definition) is 1. The van der Waals surface area contributed by atoms with Gasteiger partial charge in [0.25, 0.3) is 0 Å². The Hall–Kier alpha value is -2.17. The van der Waals surface area contributed by atoms with Crippen molar-refractivity contribution < 1.29 is 4.74 Å². The fourth-order valence-corrected chi connectivity index (χ4v) is 2.37. The highest BCUT2D eigenvalue weighted by molar-refractivity contribution is 5.66. The molecule has 0 unspecified atom stereocenters. The number of benzene rings is 1. The Kier molecular flexibility index (Phi) is 4.17. The van der Waals surface area contributed by atoms with Gasteiger partial charge >= 0.3 is 0 Å². The molecule has 0 bridgehead atoms. The minimum atomic E-state index is 0.722. The summed E-state index contributed by atoms with van der Waals surface area (Å²) in [5.74, 6) is 1.84. The first-order valence-electron chi connectivity index (χ1n) is 6.74. The minimum Gasteiger partial charge on any atom is -0.496 e. The van der Waals surface area contributed by atoms with Crippen LogP contribution in [0, 0.1) is 6.92 Å². The van der Waals surface area contributed by atoms with Gasteiger partial charge in [-0.25, -0.2) is 4.68 Å². The molecule has 1 aromatic carbocycles. The summed E-state index contributed by atoms with van der Waals surface area (Å²) in [5.41, 5.74) is 8.88. The van der Waals surface area contributed by atoms with Gasteiger partial charge in [0, 0.05) is 25.7 Å². The lowest BCUT2D eigenvalue weighted by Gasteiger charge is -2.22. The molecule has 0 aliphatic rings. The standard InChI is InChI=1S/C15H22N4O/c1-5-19-15(14(16)11(2)17-19)18(3)10-12-8-6-7-9-13(12)20-4/h6-9H,5,10,16H2,1-4H3. The van der Waals surface area contributed by atoms with Crippen LogP contribution < -0.4 is 15.4 Å². The van der Waals surface area contributed by atoms with Crippen molar-refractivity contribution in [2.45, 2.75) is 26.9 Å². The predicted molar refractivity (Wildman–Crippen MR) is 82.2 cm³/mol. The van der Waals surface area contributed by atoms with Gasteiger partial charge in [-0.05, 0) is 19.9 Å². The molecule has 20 heavy (non-hydrogen) atoms. The lowest BCUT2D eigenvalue weighted by molar-refractivity contribution is 0.409. The van der Waals surface area contributed by atoms with Crippen LogP contribution in [0.3, 0.4) is 0 Å². The van der Waals surface area contributed by atoms with Crippen molar-refractivity contribution in [1.29, 1.82) is 0 Å². The maximum atomic E-state index is 6.15. The smallest absolute Gasteiger partial charge is 0.150 e. The maximum absolute atomic E-state index is 6.15. The summed E-state index contributed by atoms with van der Waals surface area (Å²) in [6.07, 6.45) is 0. The van der Waals surface area contributed by atoms with E-state index in [0.717, 1.165) is 41.6 Å². The quantitative estimate of drug-likeness (QED) is 0.910. The van der Waals surface area contributed by atoms with E-state index in [2.05, 4.69) is 23.0 Å². The van der Waals surface area contributed by atoms with Crippen molar-refractivity contribution >= 4 is 11.5 Å². The fraction of sp³-hybridized carbons (Fsp3) is 0.400. The number of aromatic nitrogens is 2. The van der Waals surface area contributed by atoms with Crippen molar-refractivity contribution in [3.8, 4) is 5.75 Å². The van der Waals surface area contributed by atoms with E-state index in [0.29, 0.717) is 0 Å². The third-order valence-corrected chi connectivity index (χ3v) is 3.41. The van der Waals surface area contributed by atoms with Crippen molar-refractivity contribution in [3.63, 3.8) is 0 Å². The normalized spacial score (nSPS) is 10.6. The van der Waals surface area contributed by atoms with Crippen LogP contribution in [0.4, 0.5) is 11.5 Å². The zero-order chi connectivity index (χ0) is 14.7. The van der Waals surface area contributed by atoms with E-state index in [1.54, 1.807) is 7.11 Å². The second kappa shape index (κ2) is 5.86. The Bertz CT molecular complexity index is 592. The van der Waals surface area contributed by atoms with Gasteiger partial charge in [-0.3, -0.25) is 0 Å². The van der Waals surface area contributed by atoms with E-state index in [4.69, 9.17) is 10.5 Å². The molecule has 108 valence electrons. The van der Waals surface area contributed by atoms with E-state index in [9.17, 15) is 0 Å². The Morgan fingerprint density at radius 1 is 1.35 bits per heavy atom. The number of nitrogens with zero attached hydrogens (tertiary/aromatic N) is 3. The molecule has 1 heterocycles. The molecule has 1 aromatic heterocycles. The van der Waals surface area contributed by atoms with E-state index in [-0.39, 0.29) is 0 Å². The molecule has 2 aromatic rings. The van der Waals surface area contributed by atoms with E-state index in [1.165, 1.54) is 0 Å². The summed E-state index contributed by atoms with van der Waals surface area (Å²) in [6, 6.07) is 8.01. The summed E-state index contributed by atoms with van der Waals surface area (Å²) < 4.78 is 7.32. The highest BCUT2D eigenvalue weighted by atomic mass is 16.5. The average molecular weight is 274 g/mol. The van der Waals surface area contributed by atoms with Crippen LogP contribution in [0.2, 0.25) is 0 Å². The number of nitrogens with two attached hydrogens (primary N) is 1. The monoisotopic (exact) mass is 274 g/mol. The third-order valence-electron chi connectivity index (χ3n) is 3.41. The first-order valence-corrected chi connectivity index (χ1v) is 6.74. The van der Waals surface area contributed by atoms with Crippen LogP contribution in [0.1, 0.15) is 18.2 Å². The predicted octanol–water partition coefficient (Wildman–Crippen LogP) is 2.44. The number of aryl methyl sites for hydroxylation is 2. The molecule has 0 spiro atoms. The number of para-hydroxylation sites is 1. The molecule has 0 saturated heterocycles. The third kappa shape index (κ3) is 2.57. The van der Waals surface area contributed by atoms with Crippen molar-refractivity contribution in [2.75, 3.05) is 24.8 Å². The molecular formula is C15H22N4O. The maximum Gasteiger partial charge on any atom is 0.150 e. The molecule has 0 saturated carbocycles. The fourth-order valence-electron chi connectivity index (χ4n) is 2.37. The molecule has 2 N–H and O–H groups in total. The van der Waals surface area contributed by atoms with Gasteiger partial charge in [-0.15, -0.1) is 0 Å². The van der Waals surface area contributed by atoms with Crippen molar-refractivity contribution in [2.24, 2.45) is 0 Å². The minimum absolute atomic E-state index is 0.722. The largest absolute Gasteiger partial charge is 0.496 e. The molecule has 0 aliphatic carbocycles. The Morgan fingerprint density at radius 2 is 2.05 bits per heavy atom. The van der Waals surface area contributed by atoms with Crippen LogP contribution in [-0.4, -0.2) is 23.9 Å². The van der Waals surface area contributed by atoms with Crippen LogP contribution in [0.15, 0.2) is 24.3 Å². The highest BCUT2D eigenvalue weighted by Crippen LogP contribution is 2.28. The Balaban J connectivity index is 2.30. The second-order valence-electron chi connectivity index (χ2n) is 4.81. The highest BCUT2D eigenvalue weighted by Gasteiger charge is 2.16. The van der Waals surface area contributed by atoms with Crippen LogP contribution in [0.25, 0.3) is 0 Å². The average Bonchev–Trinajstić information content (AvgIpc) is 2.74. The van der Waals surface area contributed by atoms with Gasteiger partial charge in [-0.1, -0.05) is 18.2 Å². The van der Waals surface area contributed by atoms with Gasteiger partial charge in [0.2, 0.25) is 0 Å². The second-order valence-corrected chi connectivity index (χ2v) is 4.81. The molecule has 5 heteroatoms. The number of hydrogen-bond acceptors (Lipinski definition) is 4. The van der Waals surface area contributed by atoms with Gasteiger partial charge < -0.3 is 15.4 Å². The van der Waals surface area contributed by atoms with Gasteiger partial charge in [0.05, 0.1) is 18.5 Å². The van der Waals surface area contributed by atoms with Crippen molar-refractivity contribution in [1.82, 2.24) is 9.78 Å². The first-order chi connectivity index (χ1) is 9.58. The number of nitrogen functional groups attached to an aromatic ring is 1. The topological polar surface area (TPSA) is 56.3 Å². The lowest BCUT2D eigenvalue weighted by atomic mass is 10.2. The SMILES string of the molecule is CCn1nc(C)c(N)c1N(C)Cc1ccccc1OC. The van der Waals surface area contributed by atoms with Gasteiger partial charge in [-0.2, -0.15) is 5.10 Å². The summed E-state index contributed by atoms with van der Waals surface area (Å²) in [5, 5.41) is 4.45.